The largest absolute Gasteiger partial charge is 0.476 e. The highest BCUT2D eigenvalue weighted by atomic mass is 16.5. The third kappa shape index (κ3) is 2.34. The molecule has 0 bridgehead atoms. The van der Waals surface area contributed by atoms with Crippen LogP contribution in [0.15, 0.2) is 6.07 Å². The molecule has 2 N–H and O–H groups in total. The van der Waals surface area contributed by atoms with Crippen LogP contribution in [0.1, 0.15) is 31.0 Å². The van der Waals surface area contributed by atoms with E-state index in [2.05, 4.69) is 14.9 Å². The van der Waals surface area contributed by atoms with Gasteiger partial charge in [-0.1, -0.05) is 0 Å². The highest BCUT2D eigenvalue weighted by molar-refractivity contribution is 5.44. The quantitative estimate of drug-likeness (QED) is 0.820. The maximum Gasteiger partial charge on any atom is 0.218 e. The highest BCUT2D eigenvalue weighted by Gasteiger charge is 2.28. The first-order chi connectivity index (χ1) is 8.36. The van der Waals surface area contributed by atoms with Crippen molar-refractivity contribution in [3.05, 3.63) is 11.9 Å². The Bertz CT molecular complexity index is 401. The monoisotopic (exact) mass is 234 g/mol. The lowest BCUT2D eigenvalue weighted by Crippen LogP contribution is -2.37. The van der Waals surface area contributed by atoms with E-state index in [1.165, 1.54) is 19.3 Å². The Morgan fingerprint density at radius 3 is 2.76 bits per heavy atom. The van der Waals surface area contributed by atoms with Crippen LogP contribution in [0.25, 0.3) is 0 Å². The molecule has 0 unspecified atom stereocenters. The van der Waals surface area contributed by atoms with Crippen LogP contribution in [-0.2, 0) is 0 Å². The molecular weight excluding hydrogens is 216 g/mol. The Morgan fingerprint density at radius 1 is 1.35 bits per heavy atom. The molecule has 0 amide bonds. The van der Waals surface area contributed by atoms with Gasteiger partial charge in [-0.25, -0.2) is 4.98 Å². The number of nitrogens with zero attached hydrogens (tertiary/aromatic N) is 3. The lowest BCUT2D eigenvalue weighted by molar-refractivity contribution is 0.313. The van der Waals surface area contributed by atoms with E-state index in [9.17, 15) is 0 Å². The Balaban J connectivity index is 1.83. The van der Waals surface area contributed by atoms with Crippen molar-refractivity contribution in [3.8, 4) is 5.88 Å². The van der Waals surface area contributed by atoms with E-state index in [4.69, 9.17) is 10.5 Å². The zero-order valence-electron chi connectivity index (χ0n) is 9.93. The van der Waals surface area contributed by atoms with Crippen molar-refractivity contribution in [1.29, 1.82) is 0 Å². The van der Waals surface area contributed by atoms with Crippen molar-refractivity contribution in [1.82, 2.24) is 9.97 Å². The fourth-order valence-electron chi connectivity index (χ4n) is 1.90. The molecule has 5 heteroatoms. The van der Waals surface area contributed by atoms with E-state index in [1.807, 2.05) is 6.07 Å². The van der Waals surface area contributed by atoms with Crippen molar-refractivity contribution < 1.29 is 4.74 Å². The van der Waals surface area contributed by atoms with Crippen LogP contribution >= 0.6 is 0 Å². The standard InChI is InChI=1S/C12H18N4O/c13-4-7-17-11-8-10(16-5-1-6-16)14-12(15-11)9-2-3-9/h8-9H,1-7,13H2. The molecule has 5 nitrogen and oxygen atoms in total. The molecule has 2 aliphatic rings. The SMILES string of the molecule is NCCOc1cc(N2CCC2)nc(C2CC2)n1. The molecule has 17 heavy (non-hydrogen) atoms. The van der Waals surface area contributed by atoms with Crippen LogP contribution in [0.4, 0.5) is 5.82 Å². The summed E-state index contributed by atoms with van der Waals surface area (Å²) in [4.78, 5) is 11.4. The maximum absolute atomic E-state index is 5.53. The van der Waals surface area contributed by atoms with Crippen LogP contribution in [0, 0.1) is 0 Å². The smallest absolute Gasteiger partial charge is 0.218 e. The van der Waals surface area contributed by atoms with Gasteiger partial charge in [0.15, 0.2) is 0 Å². The van der Waals surface area contributed by atoms with Crippen molar-refractivity contribution in [2.45, 2.75) is 25.2 Å². The van der Waals surface area contributed by atoms with Gasteiger partial charge in [0.25, 0.3) is 0 Å². The molecule has 0 radical (unpaired) electrons. The lowest BCUT2D eigenvalue weighted by Gasteiger charge is -2.32. The van der Waals surface area contributed by atoms with Gasteiger partial charge in [-0.15, -0.1) is 0 Å². The van der Waals surface area contributed by atoms with Gasteiger partial charge in [-0.05, 0) is 19.3 Å². The van der Waals surface area contributed by atoms with E-state index in [0.717, 1.165) is 24.7 Å². The number of anilines is 1. The average Bonchev–Trinajstić information content (AvgIpc) is 3.07. The van der Waals surface area contributed by atoms with Crippen LogP contribution in [-0.4, -0.2) is 36.2 Å². The van der Waals surface area contributed by atoms with Crippen molar-refractivity contribution in [2.75, 3.05) is 31.1 Å². The summed E-state index contributed by atoms with van der Waals surface area (Å²) in [6, 6.07) is 1.93. The fourth-order valence-corrected chi connectivity index (χ4v) is 1.90. The minimum Gasteiger partial charge on any atom is -0.476 e. The normalized spacial score (nSPS) is 19.0. The second-order valence-electron chi connectivity index (χ2n) is 4.67. The van der Waals surface area contributed by atoms with E-state index < -0.39 is 0 Å². The summed E-state index contributed by atoms with van der Waals surface area (Å²) in [7, 11) is 0. The van der Waals surface area contributed by atoms with E-state index in [-0.39, 0.29) is 0 Å². The van der Waals surface area contributed by atoms with Crippen LogP contribution in [0.2, 0.25) is 0 Å². The first-order valence-corrected chi connectivity index (χ1v) is 6.33. The van der Waals surface area contributed by atoms with Gasteiger partial charge in [0.2, 0.25) is 5.88 Å². The van der Waals surface area contributed by atoms with Gasteiger partial charge in [-0.2, -0.15) is 4.98 Å². The predicted molar refractivity (Wildman–Crippen MR) is 65.4 cm³/mol. The summed E-state index contributed by atoms with van der Waals surface area (Å²) >= 11 is 0. The molecular formula is C12H18N4O. The molecule has 1 saturated heterocycles. The average molecular weight is 234 g/mol. The van der Waals surface area contributed by atoms with E-state index in [1.54, 1.807) is 0 Å². The molecule has 0 aromatic carbocycles. The van der Waals surface area contributed by atoms with Crippen LogP contribution < -0.4 is 15.4 Å². The molecule has 1 aromatic rings. The number of ether oxygens (including phenoxy) is 1. The van der Waals surface area contributed by atoms with Gasteiger partial charge < -0.3 is 15.4 Å². The number of hydrogen-bond donors (Lipinski definition) is 1. The molecule has 0 atom stereocenters. The van der Waals surface area contributed by atoms with Crippen LogP contribution in [0.5, 0.6) is 5.88 Å². The fraction of sp³-hybridized carbons (Fsp3) is 0.667. The number of aromatic nitrogens is 2. The zero-order chi connectivity index (χ0) is 11.7. The molecule has 0 spiro atoms. The molecule has 3 rings (SSSR count). The third-order valence-corrected chi connectivity index (χ3v) is 3.20. The first kappa shape index (κ1) is 10.8. The van der Waals surface area contributed by atoms with Gasteiger partial charge in [-0.3, -0.25) is 0 Å². The van der Waals surface area contributed by atoms with Gasteiger partial charge in [0.05, 0.1) is 0 Å². The van der Waals surface area contributed by atoms with Gasteiger partial charge in [0.1, 0.15) is 18.2 Å². The molecule has 1 aliphatic heterocycles. The Labute approximate surface area is 101 Å². The summed E-state index contributed by atoms with van der Waals surface area (Å²) in [5, 5.41) is 0. The summed E-state index contributed by atoms with van der Waals surface area (Å²) in [6.45, 7) is 3.22. The Hall–Kier alpha value is -1.36. The predicted octanol–water partition coefficient (Wildman–Crippen LogP) is 0.902. The maximum atomic E-state index is 5.53. The van der Waals surface area contributed by atoms with Crippen LogP contribution in [0.3, 0.4) is 0 Å². The first-order valence-electron chi connectivity index (χ1n) is 6.33. The van der Waals surface area contributed by atoms with Crippen molar-refractivity contribution in [2.24, 2.45) is 5.73 Å². The van der Waals surface area contributed by atoms with E-state index >= 15 is 0 Å². The number of rotatable bonds is 5. The van der Waals surface area contributed by atoms with E-state index in [0.29, 0.717) is 24.9 Å². The second-order valence-corrected chi connectivity index (χ2v) is 4.67. The summed E-state index contributed by atoms with van der Waals surface area (Å²) in [5.41, 5.74) is 5.44. The third-order valence-electron chi connectivity index (χ3n) is 3.20. The van der Waals surface area contributed by atoms with Crippen molar-refractivity contribution in [3.63, 3.8) is 0 Å². The Morgan fingerprint density at radius 2 is 2.18 bits per heavy atom. The molecule has 1 aromatic heterocycles. The molecule has 92 valence electrons. The molecule has 1 aliphatic carbocycles. The summed E-state index contributed by atoms with van der Waals surface area (Å²) in [5.74, 6) is 3.19. The second kappa shape index (κ2) is 4.49. The Kier molecular flexibility index (Phi) is 2.84. The highest BCUT2D eigenvalue weighted by Crippen LogP contribution is 2.39. The molecule has 2 heterocycles. The summed E-state index contributed by atoms with van der Waals surface area (Å²) in [6.07, 6.45) is 3.67. The topological polar surface area (TPSA) is 64.3 Å². The number of nitrogens with two attached hydrogens (primary N) is 1. The minimum absolute atomic E-state index is 0.514. The lowest BCUT2D eigenvalue weighted by atomic mass is 10.2. The van der Waals surface area contributed by atoms with Gasteiger partial charge in [0, 0.05) is 31.6 Å². The van der Waals surface area contributed by atoms with Crippen molar-refractivity contribution >= 4 is 5.82 Å². The summed E-state index contributed by atoms with van der Waals surface area (Å²) < 4.78 is 5.53. The number of hydrogen-bond acceptors (Lipinski definition) is 5. The zero-order valence-corrected chi connectivity index (χ0v) is 9.93. The molecule has 1 saturated carbocycles. The minimum atomic E-state index is 0.514. The molecule has 2 fully saturated rings. The van der Waals surface area contributed by atoms with Gasteiger partial charge >= 0.3 is 0 Å².